The second-order valence-corrected chi connectivity index (χ2v) is 5.69. The summed E-state index contributed by atoms with van der Waals surface area (Å²) in [6, 6.07) is 8.13. The molecule has 2 amide bonds. The van der Waals surface area contributed by atoms with Crippen LogP contribution in [0.5, 0.6) is 0 Å². The van der Waals surface area contributed by atoms with Gasteiger partial charge in [-0.3, -0.25) is 4.79 Å². The Bertz CT molecular complexity index is 522. The standard InChI is InChI=1S/C17H24N2O3/c1-3-22-17(21)19-9-7-15(8-10-19)18-16(20)12-14-6-4-5-13(2)11-14/h4-6,11,15H,3,7-10,12H2,1-2H3,(H,18,20). The Hall–Kier alpha value is -2.04. The summed E-state index contributed by atoms with van der Waals surface area (Å²) in [6.45, 7) is 5.48. The second-order valence-electron chi connectivity index (χ2n) is 5.69. The summed E-state index contributed by atoms with van der Waals surface area (Å²) < 4.78 is 4.99. The molecule has 1 saturated heterocycles. The minimum Gasteiger partial charge on any atom is -0.450 e. The van der Waals surface area contributed by atoms with Crippen molar-refractivity contribution in [3.63, 3.8) is 0 Å². The maximum atomic E-state index is 12.1. The highest BCUT2D eigenvalue weighted by Crippen LogP contribution is 2.12. The zero-order valence-electron chi connectivity index (χ0n) is 13.3. The SMILES string of the molecule is CCOC(=O)N1CCC(NC(=O)Cc2cccc(C)c2)CC1. The van der Waals surface area contributed by atoms with Crippen LogP contribution >= 0.6 is 0 Å². The van der Waals surface area contributed by atoms with Crippen molar-refractivity contribution >= 4 is 12.0 Å². The van der Waals surface area contributed by atoms with Crippen LogP contribution < -0.4 is 5.32 Å². The molecule has 1 aromatic rings. The molecular weight excluding hydrogens is 280 g/mol. The normalized spacial score (nSPS) is 15.5. The minimum atomic E-state index is -0.257. The van der Waals surface area contributed by atoms with Crippen molar-refractivity contribution in [2.24, 2.45) is 0 Å². The third-order valence-electron chi connectivity index (χ3n) is 3.83. The van der Waals surface area contributed by atoms with Gasteiger partial charge >= 0.3 is 6.09 Å². The third kappa shape index (κ3) is 4.76. The zero-order valence-corrected chi connectivity index (χ0v) is 13.3. The molecule has 5 heteroatoms. The van der Waals surface area contributed by atoms with Crippen LogP contribution in [0.25, 0.3) is 0 Å². The average Bonchev–Trinajstić information content (AvgIpc) is 2.48. The van der Waals surface area contributed by atoms with Crippen LogP contribution in [0.3, 0.4) is 0 Å². The second kappa shape index (κ2) is 7.82. The lowest BCUT2D eigenvalue weighted by Crippen LogP contribution is -2.47. The van der Waals surface area contributed by atoms with Crippen LogP contribution in [0.4, 0.5) is 4.79 Å². The molecule has 22 heavy (non-hydrogen) atoms. The summed E-state index contributed by atoms with van der Waals surface area (Å²) in [6.07, 6.45) is 1.70. The number of rotatable bonds is 4. The number of nitrogens with zero attached hydrogens (tertiary/aromatic N) is 1. The van der Waals surface area contributed by atoms with Gasteiger partial charge < -0.3 is 15.0 Å². The maximum absolute atomic E-state index is 12.1. The topological polar surface area (TPSA) is 58.6 Å². The fourth-order valence-electron chi connectivity index (χ4n) is 2.71. The Morgan fingerprint density at radius 2 is 2.05 bits per heavy atom. The first kappa shape index (κ1) is 16.3. The molecule has 120 valence electrons. The lowest BCUT2D eigenvalue weighted by atomic mass is 10.0. The molecule has 0 aliphatic carbocycles. The minimum absolute atomic E-state index is 0.0418. The van der Waals surface area contributed by atoms with E-state index < -0.39 is 0 Å². The molecule has 1 aliphatic heterocycles. The Morgan fingerprint density at radius 1 is 1.32 bits per heavy atom. The van der Waals surface area contributed by atoms with E-state index in [0.717, 1.165) is 24.0 Å². The largest absolute Gasteiger partial charge is 0.450 e. The van der Waals surface area contributed by atoms with Crippen LogP contribution in [-0.2, 0) is 16.0 Å². The van der Waals surface area contributed by atoms with Gasteiger partial charge in [-0.1, -0.05) is 29.8 Å². The highest BCUT2D eigenvalue weighted by atomic mass is 16.6. The molecule has 0 bridgehead atoms. The molecule has 1 N–H and O–H groups in total. The lowest BCUT2D eigenvalue weighted by molar-refractivity contribution is -0.121. The van der Waals surface area contributed by atoms with E-state index in [2.05, 4.69) is 5.32 Å². The van der Waals surface area contributed by atoms with Gasteiger partial charge in [0.05, 0.1) is 13.0 Å². The van der Waals surface area contributed by atoms with Gasteiger partial charge in [0, 0.05) is 19.1 Å². The molecule has 1 aromatic carbocycles. The number of benzene rings is 1. The fourth-order valence-corrected chi connectivity index (χ4v) is 2.71. The Labute approximate surface area is 131 Å². The molecule has 0 saturated carbocycles. The summed E-state index contributed by atoms with van der Waals surface area (Å²) in [7, 11) is 0. The lowest BCUT2D eigenvalue weighted by Gasteiger charge is -2.31. The molecule has 1 heterocycles. The summed E-state index contributed by atoms with van der Waals surface area (Å²) >= 11 is 0. The van der Waals surface area contributed by atoms with Crippen LogP contribution in [0, 0.1) is 6.92 Å². The van der Waals surface area contributed by atoms with Crippen molar-refractivity contribution in [2.75, 3.05) is 19.7 Å². The number of likely N-dealkylation sites (tertiary alicyclic amines) is 1. The molecule has 2 rings (SSSR count). The average molecular weight is 304 g/mol. The quantitative estimate of drug-likeness (QED) is 0.928. The molecule has 0 aromatic heterocycles. The number of piperidine rings is 1. The van der Waals surface area contributed by atoms with Gasteiger partial charge in [0.15, 0.2) is 0 Å². The van der Waals surface area contributed by atoms with Gasteiger partial charge in [-0.05, 0) is 32.3 Å². The van der Waals surface area contributed by atoms with E-state index in [4.69, 9.17) is 4.74 Å². The third-order valence-corrected chi connectivity index (χ3v) is 3.83. The maximum Gasteiger partial charge on any atom is 0.409 e. The van der Waals surface area contributed by atoms with Gasteiger partial charge in [0.1, 0.15) is 0 Å². The number of nitrogens with one attached hydrogen (secondary N) is 1. The van der Waals surface area contributed by atoms with Crippen molar-refractivity contribution in [3.05, 3.63) is 35.4 Å². The summed E-state index contributed by atoms with van der Waals surface area (Å²) in [5, 5.41) is 3.06. The number of ether oxygens (including phenoxy) is 1. The van der Waals surface area contributed by atoms with Gasteiger partial charge in [0.2, 0.25) is 5.91 Å². The first-order valence-electron chi connectivity index (χ1n) is 7.85. The number of aryl methyl sites for hydroxylation is 1. The van der Waals surface area contributed by atoms with Crippen molar-refractivity contribution in [1.29, 1.82) is 0 Å². The molecule has 0 unspecified atom stereocenters. The number of hydrogen-bond donors (Lipinski definition) is 1. The van der Waals surface area contributed by atoms with Crippen LogP contribution in [0.1, 0.15) is 30.9 Å². The highest BCUT2D eigenvalue weighted by molar-refractivity contribution is 5.79. The van der Waals surface area contributed by atoms with Gasteiger partial charge in [-0.2, -0.15) is 0 Å². The predicted molar refractivity (Wildman–Crippen MR) is 84.6 cm³/mol. The van der Waals surface area contributed by atoms with E-state index in [1.54, 1.807) is 11.8 Å². The Morgan fingerprint density at radius 3 is 2.68 bits per heavy atom. The first-order chi connectivity index (χ1) is 10.6. The molecule has 1 fully saturated rings. The number of amides is 2. The van der Waals surface area contributed by atoms with Crippen molar-refractivity contribution in [2.45, 2.75) is 39.2 Å². The van der Waals surface area contributed by atoms with Gasteiger partial charge in [-0.25, -0.2) is 4.79 Å². The van der Waals surface area contributed by atoms with E-state index in [-0.39, 0.29) is 18.0 Å². The summed E-state index contributed by atoms with van der Waals surface area (Å²) in [4.78, 5) is 25.4. The smallest absolute Gasteiger partial charge is 0.409 e. The molecule has 5 nitrogen and oxygen atoms in total. The van der Waals surface area contributed by atoms with Crippen LogP contribution in [0.2, 0.25) is 0 Å². The van der Waals surface area contributed by atoms with E-state index in [9.17, 15) is 9.59 Å². The van der Waals surface area contributed by atoms with Gasteiger partial charge in [-0.15, -0.1) is 0 Å². The monoisotopic (exact) mass is 304 g/mol. The number of hydrogen-bond acceptors (Lipinski definition) is 3. The van der Waals surface area contributed by atoms with Crippen molar-refractivity contribution in [1.82, 2.24) is 10.2 Å². The first-order valence-corrected chi connectivity index (χ1v) is 7.85. The summed E-state index contributed by atoms with van der Waals surface area (Å²) in [5.41, 5.74) is 2.19. The molecular formula is C17H24N2O3. The van der Waals surface area contributed by atoms with E-state index in [1.807, 2.05) is 31.2 Å². The fraction of sp³-hybridized carbons (Fsp3) is 0.529. The van der Waals surface area contributed by atoms with E-state index in [1.165, 1.54) is 0 Å². The van der Waals surface area contributed by atoms with Crippen molar-refractivity contribution in [3.8, 4) is 0 Å². The predicted octanol–water partition coefficient (Wildman–Crippen LogP) is 2.27. The molecule has 0 atom stereocenters. The highest BCUT2D eigenvalue weighted by Gasteiger charge is 2.24. The molecule has 0 radical (unpaired) electrons. The van der Waals surface area contributed by atoms with E-state index >= 15 is 0 Å². The Balaban J connectivity index is 1.76. The number of carbonyl (C=O) groups excluding carboxylic acids is 2. The number of carbonyl (C=O) groups is 2. The summed E-state index contributed by atoms with van der Waals surface area (Å²) in [5.74, 6) is 0.0418. The van der Waals surface area contributed by atoms with Gasteiger partial charge in [0.25, 0.3) is 0 Å². The molecule has 0 spiro atoms. The molecule has 1 aliphatic rings. The van der Waals surface area contributed by atoms with Crippen molar-refractivity contribution < 1.29 is 14.3 Å². The van der Waals surface area contributed by atoms with E-state index in [0.29, 0.717) is 26.1 Å². The zero-order chi connectivity index (χ0) is 15.9. The Kier molecular flexibility index (Phi) is 5.81. The van der Waals surface area contributed by atoms with Crippen LogP contribution in [0.15, 0.2) is 24.3 Å². The van der Waals surface area contributed by atoms with Crippen LogP contribution in [-0.4, -0.2) is 42.6 Å².